The van der Waals surface area contributed by atoms with E-state index in [1.807, 2.05) is 57.2 Å². The van der Waals surface area contributed by atoms with Crippen LogP contribution in [-0.4, -0.2) is 176 Å². The van der Waals surface area contributed by atoms with Gasteiger partial charge in [0.15, 0.2) is 78.1 Å². The highest BCUT2D eigenvalue weighted by atomic mass is 35.5. The average molecular weight is 1630 g/mol. The molecule has 3 heterocycles. The molecule has 116 heavy (non-hydrogen) atoms. The number of rotatable bonds is 13. The van der Waals surface area contributed by atoms with Crippen molar-refractivity contribution < 1.29 is 116 Å². The zero-order valence-electron chi connectivity index (χ0n) is 68.2. The van der Waals surface area contributed by atoms with Gasteiger partial charge in [-0.3, -0.25) is 38.5 Å². The molecule has 12 aliphatic rings. The lowest BCUT2D eigenvalue weighted by atomic mass is 9.44. The number of hydrogen-bond acceptors (Lipinski definition) is 19. The minimum absolute atomic E-state index is 0.0281. The van der Waals surface area contributed by atoms with Crippen LogP contribution >= 0.6 is 11.6 Å². The van der Waals surface area contributed by atoms with Crippen molar-refractivity contribution >= 4 is 64.2 Å². The number of aliphatic hydroxyl groups excluding tert-OH is 4. The largest absolute Gasteiger partial charge is 0.477 e. The fraction of sp³-hybridized carbons (Fsp3) is 0.600. The third-order valence-electron chi connectivity index (χ3n) is 30.5. The molecule has 9 fully saturated rings. The summed E-state index contributed by atoms with van der Waals surface area (Å²) in [7, 11) is 0. The Hall–Kier alpha value is -7.88. The van der Waals surface area contributed by atoms with Crippen LogP contribution in [0.1, 0.15) is 156 Å². The number of nitrogens with zero attached hydrogens (tertiary/aromatic N) is 3. The fourth-order valence-corrected chi connectivity index (χ4v) is 24.2. The standard InChI is InChI=1S/C30H37FNO6.C24H30ClFO6.C22H29FO5.C8H9NO2.C6H7N/c1-18-8-11-32(12-9-18)16-26(36)38-17-25(35)30(37)19(2)13-23-22-6-5-20-14-21(33)7-10-27(20,3)29(22,31)24(34)15-28(23,30)4;1-13-8-17-16-5-4-14-9-15(27)6-7-21(14,2)23(16,26)18(28)10-22(17,3)24(13,31)19(29)12-32-20(30)11-25;1-12-8-16-15-5-4-13-9-14(25)6-7-19(13,2)21(15,23)17(26)10-20(16,3)22(12,28)18(27)11-24;1-7-2-4-9(5-3-7)6-8(10)11;1-6-2-4-7-5-3-6/h7-12,14,19,22-24,34,37H,5-6,13,15-17H2,1-4H3;6-7,9,13,16-18,28,31H,4-5,8,10-12H2,1-3H3;6-7,9,12,15-17,24,26,28H,4-5,8,10-11H2,1-3H3;2-5H,6H2,1H3;2-5H,1H3/q+1;;;;/p+1/t19-,22+,23+,24+,27+,28+,29+,30+;13-,16+,17+,18+,21+,22+,23+,24+;12-,15+,16+,17+,19+,20+,21+,22+;;/m111../s1. The Kier molecular flexibility index (Phi) is 24.8. The molecule has 0 unspecified atom stereocenters. The molecule has 0 radical (unpaired) electrons. The third kappa shape index (κ3) is 14.1. The van der Waals surface area contributed by atoms with Crippen molar-refractivity contribution in [3.05, 3.63) is 162 Å². The number of pyridine rings is 3. The second kappa shape index (κ2) is 32.3. The van der Waals surface area contributed by atoms with Crippen LogP contribution in [0.5, 0.6) is 0 Å². The van der Waals surface area contributed by atoms with Crippen molar-refractivity contribution in [1.29, 1.82) is 0 Å². The van der Waals surface area contributed by atoms with Gasteiger partial charge in [0.25, 0.3) is 0 Å². The molecule has 0 aromatic carbocycles. The van der Waals surface area contributed by atoms with Gasteiger partial charge in [-0.25, -0.2) is 22.8 Å². The van der Waals surface area contributed by atoms with E-state index in [1.165, 1.54) is 42.0 Å². The third-order valence-corrected chi connectivity index (χ3v) is 30.7. The van der Waals surface area contributed by atoms with Gasteiger partial charge in [0, 0.05) is 86.9 Å². The number of carboxylic acids is 1. The molecule has 12 aliphatic carbocycles. The van der Waals surface area contributed by atoms with Crippen molar-refractivity contribution in [3.8, 4) is 0 Å². The summed E-state index contributed by atoms with van der Waals surface area (Å²) in [6.45, 7) is 19.6. The van der Waals surface area contributed by atoms with Gasteiger partial charge in [-0.2, -0.15) is 9.13 Å². The molecule has 0 spiro atoms. The molecule has 3 aromatic heterocycles. The number of aliphatic carboxylic acids is 1. The van der Waals surface area contributed by atoms with Crippen LogP contribution < -0.4 is 9.13 Å². The molecule has 0 bridgehead atoms. The average Bonchev–Trinajstić information content (AvgIpc) is 1.38. The van der Waals surface area contributed by atoms with Crippen LogP contribution in [-0.2, 0) is 65.7 Å². The van der Waals surface area contributed by atoms with E-state index in [4.69, 9.17) is 26.2 Å². The number of carbonyl (C=O) groups is 9. The molecule has 0 saturated heterocycles. The topological polar surface area (TPSA) is 355 Å². The first kappa shape index (κ1) is 88.9. The van der Waals surface area contributed by atoms with E-state index in [-0.39, 0.29) is 67.5 Å². The van der Waals surface area contributed by atoms with Gasteiger partial charge in [0.05, 0.1) is 18.3 Å². The van der Waals surface area contributed by atoms with Crippen molar-refractivity contribution in [2.24, 2.45) is 85.8 Å². The summed E-state index contributed by atoms with van der Waals surface area (Å²) in [5, 5.41) is 86.8. The van der Waals surface area contributed by atoms with E-state index < -0.39 is 181 Å². The Balaban J connectivity index is 0.000000155. The van der Waals surface area contributed by atoms with Gasteiger partial charge in [0.2, 0.25) is 24.7 Å². The lowest BCUT2D eigenvalue weighted by Crippen LogP contribution is -2.69. The summed E-state index contributed by atoms with van der Waals surface area (Å²) in [5.41, 5.74) is -12.7. The number of aromatic nitrogens is 3. The number of aryl methyl sites for hydroxylation is 3. The van der Waals surface area contributed by atoms with Crippen LogP contribution in [0.3, 0.4) is 0 Å². The first-order chi connectivity index (χ1) is 54.2. The van der Waals surface area contributed by atoms with E-state index in [0.717, 1.165) is 11.1 Å². The van der Waals surface area contributed by atoms with Crippen LogP contribution in [0.15, 0.2) is 145 Å². The smallest absolute Gasteiger partial charge is 0.373 e. The van der Waals surface area contributed by atoms with E-state index >= 15 is 13.2 Å². The number of halogens is 4. The molecule has 8 N–H and O–H groups in total. The predicted molar refractivity (Wildman–Crippen MR) is 418 cm³/mol. The number of Topliss-reactive ketones (excluding diaryl/α,β-unsaturated/α-hetero) is 3. The van der Waals surface area contributed by atoms with Crippen molar-refractivity contribution in [2.45, 2.75) is 225 Å². The normalized spacial score (nSPS) is 40.8. The van der Waals surface area contributed by atoms with E-state index in [2.05, 4.69) is 4.98 Å². The Morgan fingerprint density at radius 2 is 0.784 bits per heavy atom. The lowest BCUT2D eigenvalue weighted by Gasteiger charge is -2.62. The van der Waals surface area contributed by atoms with Gasteiger partial charge >= 0.3 is 17.9 Å². The first-order valence-electron chi connectivity index (χ1n) is 40.4. The second-order valence-electron chi connectivity index (χ2n) is 36.4. The molecule has 628 valence electrons. The molecule has 24 atom stereocenters. The van der Waals surface area contributed by atoms with Gasteiger partial charge in [0.1, 0.15) is 29.3 Å². The zero-order chi connectivity index (χ0) is 85.4. The van der Waals surface area contributed by atoms with Crippen LogP contribution in [0.2, 0.25) is 0 Å². The van der Waals surface area contributed by atoms with Crippen molar-refractivity contribution in [1.82, 2.24) is 4.98 Å². The molecule has 3 aromatic rings. The Bertz CT molecular complexity index is 4570. The highest BCUT2D eigenvalue weighted by Gasteiger charge is 2.79. The zero-order valence-corrected chi connectivity index (χ0v) is 69.0. The number of ether oxygens (including phenoxy) is 2. The number of carboxylic acid groups (broad SMARTS) is 1. The second-order valence-corrected chi connectivity index (χ2v) is 36.7. The summed E-state index contributed by atoms with van der Waals surface area (Å²) in [6, 6.07) is 11.4. The maximum absolute atomic E-state index is 17.2. The maximum atomic E-state index is 17.2. The number of allylic oxidation sites excluding steroid dienone is 12. The van der Waals surface area contributed by atoms with Crippen LogP contribution in [0.4, 0.5) is 13.2 Å². The molecule has 22 nitrogen and oxygen atoms in total. The van der Waals surface area contributed by atoms with Gasteiger partial charge in [-0.15, -0.1) is 11.6 Å². The van der Waals surface area contributed by atoms with E-state index in [1.54, 1.807) is 127 Å². The molecule has 26 heteroatoms. The summed E-state index contributed by atoms with van der Waals surface area (Å²) < 4.78 is 64.6. The predicted octanol–water partition coefficient (Wildman–Crippen LogP) is 9.08. The summed E-state index contributed by atoms with van der Waals surface area (Å²) in [5.74, 6) is -9.34. The molecule has 0 aliphatic heterocycles. The molecular weight excluding hydrogens is 1520 g/mol. The highest BCUT2D eigenvalue weighted by molar-refractivity contribution is 6.26. The number of alkyl halides is 4. The monoisotopic (exact) mass is 1630 g/mol. The number of hydrogen-bond donors (Lipinski definition) is 8. The summed E-state index contributed by atoms with van der Waals surface area (Å²) >= 11 is 5.43. The molecular formula is C90H113ClF3N3O19+2. The Morgan fingerprint density at radius 1 is 0.483 bits per heavy atom. The maximum Gasteiger partial charge on any atom is 0.373 e. The van der Waals surface area contributed by atoms with E-state index in [9.17, 15) is 78.9 Å². The number of carbonyl (C=O) groups excluding carboxylic acids is 8. The number of fused-ring (bicyclic) bond motifs is 15. The Morgan fingerprint density at radius 3 is 1.08 bits per heavy atom. The summed E-state index contributed by atoms with van der Waals surface area (Å²) in [6.07, 6.45) is 23.4. The quantitative estimate of drug-likeness (QED) is 0.0449. The van der Waals surface area contributed by atoms with Crippen molar-refractivity contribution in [2.75, 3.05) is 25.7 Å². The Labute approximate surface area is 680 Å². The van der Waals surface area contributed by atoms with Crippen molar-refractivity contribution in [3.63, 3.8) is 0 Å². The van der Waals surface area contributed by atoms with Crippen LogP contribution in [0, 0.1) is 107 Å². The van der Waals surface area contributed by atoms with Gasteiger partial charge in [-0.05, 0) is 219 Å². The number of esters is 2. The fourth-order valence-electron chi connectivity index (χ4n) is 24.1. The van der Waals surface area contributed by atoms with Crippen LogP contribution in [0.25, 0.3) is 0 Å². The van der Waals surface area contributed by atoms with E-state index in [0.29, 0.717) is 74.5 Å². The lowest BCUT2D eigenvalue weighted by molar-refractivity contribution is -0.686. The molecule has 15 rings (SSSR count). The minimum Gasteiger partial charge on any atom is -0.477 e. The minimum atomic E-state index is -2.04. The summed E-state index contributed by atoms with van der Waals surface area (Å²) in [4.78, 5) is 113. The number of ketones is 6. The SMILES string of the molecule is C[C@@H]1C[C@H]2[C@@H]3CCC4=CC(=O)C=C[C@]4(C)[C@@]3(F)[C@@H](O)C[C@]2(C)[C@@]1(O)C(=O)CO.C[C@@H]1C[C@H]2[C@@H]3CCC4=CC(=O)C=C[C@]4(C)[C@@]3(F)[C@@H](O)C[C@]2(C)[C@@]1(O)C(=O)COC(=O)CCl.Cc1cc[n+](CC(=O)O)cc1.Cc1cc[n+](CC(=O)OCC(=O)[C@@]2(O)[C@H](C)C[C@H]3[C@@H]4CCC5=CC(=O)C=C[C@]5(C)[C@@]4(F)[C@@H](O)C[C@@]32C)cc1.Cc1ccncc1. The molecule has 9 saturated carbocycles. The van der Waals surface area contributed by atoms with Gasteiger partial charge < -0.3 is 50.3 Å². The highest BCUT2D eigenvalue weighted by Crippen LogP contribution is 2.74. The van der Waals surface area contributed by atoms with Gasteiger partial charge in [-0.1, -0.05) is 76.5 Å². The number of aliphatic hydroxyl groups is 7. The first-order valence-corrected chi connectivity index (χ1v) is 40.9. The molecule has 0 amide bonds.